The summed E-state index contributed by atoms with van der Waals surface area (Å²) in [5, 5.41) is 0. The summed E-state index contributed by atoms with van der Waals surface area (Å²) in [7, 11) is 1.71. The highest BCUT2D eigenvalue weighted by atomic mass is 16.1. The third-order valence-corrected chi connectivity index (χ3v) is 3.49. The molecule has 2 N–H and O–H groups in total. The predicted octanol–water partition coefficient (Wildman–Crippen LogP) is 2.63. The Morgan fingerprint density at radius 2 is 1.89 bits per heavy atom. The lowest BCUT2D eigenvalue weighted by molar-refractivity contribution is -0.116. The minimum absolute atomic E-state index is 0.109. The number of hydrogen-bond donors (Lipinski definition) is 1. The van der Waals surface area contributed by atoms with Gasteiger partial charge in [0.1, 0.15) is 0 Å². The van der Waals surface area contributed by atoms with Crippen molar-refractivity contribution in [3.8, 4) is 0 Å². The van der Waals surface area contributed by atoms with Crippen LogP contribution in [-0.2, 0) is 4.79 Å². The van der Waals surface area contributed by atoms with Crippen LogP contribution >= 0.6 is 0 Å². The van der Waals surface area contributed by atoms with Gasteiger partial charge in [-0.1, -0.05) is 36.8 Å². The highest BCUT2D eigenvalue weighted by molar-refractivity contribution is 6.29. The van der Waals surface area contributed by atoms with Crippen molar-refractivity contribution < 1.29 is 4.79 Å². The molecule has 0 aromatic heterocycles. The molecule has 0 bridgehead atoms. The Hall–Kier alpha value is -1.90. The van der Waals surface area contributed by atoms with E-state index in [-0.39, 0.29) is 5.78 Å². The van der Waals surface area contributed by atoms with Gasteiger partial charge < -0.3 is 5.73 Å². The smallest absolute Gasteiger partial charge is 0.167 e. The molecule has 0 heterocycles. The van der Waals surface area contributed by atoms with Gasteiger partial charge in [-0.2, -0.15) is 0 Å². The van der Waals surface area contributed by atoms with E-state index >= 15 is 0 Å². The minimum atomic E-state index is 0.109. The van der Waals surface area contributed by atoms with E-state index in [4.69, 9.17) is 5.73 Å². The molecule has 3 nitrogen and oxygen atoms in total. The normalized spacial score (nSPS) is 20.9. The van der Waals surface area contributed by atoms with Crippen LogP contribution in [0.15, 0.2) is 40.5 Å². The maximum Gasteiger partial charge on any atom is 0.167 e. The molecule has 0 saturated carbocycles. The summed E-state index contributed by atoms with van der Waals surface area (Å²) in [5.74, 6) is 0.435. The molecule has 1 aromatic carbocycles. The van der Waals surface area contributed by atoms with Crippen molar-refractivity contribution in [3.05, 3.63) is 46.7 Å². The number of rotatable bonds is 2. The largest absolute Gasteiger partial charge is 0.401 e. The second kappa shape index (κ2) is 5.39. The highest BCUT2D eigenvalue weighted by Gasteiger charge is 2.27. The number of hydrogen-bond acceptors (Lipinski definition) is 3. The van der Waals surface area contributed by atoms with Gasteiger partial charge in [0, 0.05) is 24.7 Å². The monoisotopic (exact) mass is 256 g/mol. The molecule has 3 heteroatoms. The number of ketones is 1. The summed E-state index contributed by atoms with van der Waals surface area (Å²) in [6.07, 6.45) is 1.33. The zero-order chi connectivity index (χ0) is 14.0. The van der Waals surface area contributed by atoms with Gasteiger partial charge in [0.2, 0.25) is 0 Å². The van der Waals surface area contributed by atoms with Gasteiger partial charge in [0.25, 0.3) is 0 Å². The van der Waals surface area contributed by atoms with E-state index < -0.39 is 0 Å². The van der Waals surface area contributed by atoms with Gasteiger partial charge in [-0.15, -0.1) is 0 Å². The van der Waals surface area contributed by atoms with Crippen LogP contribution in [0.25, 0.3) is 0 Å². The molecule has 0 radical (unpaired) electrons. The van der Waals surface area contributed by atoms with Gasteiger partial charge in [-0.25, -0.2) is 0 Å². The van der Waals surface area contributed by atoms with Crippen LogP contribution in [0.4, 0.5) is 0 Å². The zero-order valence-electron chi connectivity index (χ0n) is 11.7. The first-order chi connectivity index (χ1) is 9.02. The lowest BCUT2D eigenvalue weighted by Crippen LogP contribution is -2.27. The summed E-state index contributed by atoms with van der Waals surface area (Å²) in [4.78, 5) is 16.5. The first-order valence-electron chi connectivity index (χ1n) is 6.59. The summed E-state index contributed by atoms with van der Waals surface area (Å²) >= 11 is 0. The average molecular weight is 256 g/mol. The Bertz CT molecular complexity index is 553. The van der Waals surface area contributed by atoms with Crippen molar-refractivity contribution in [2.45, 2.75) is 26.7 Å². The summed E-state index contributed by atoms with van der Waals surface area (Å²) in [5.41, 5.74) is 10.2. The molecule has 2 rings (SSSR count). The molecule has 1 aliphatic rings. The lowest BCUT2D eigenvalue weighted by Gasteiger charge is -2.22. The zero-order valence-corrected chi connectivity index (χ0v) is 11.7. The Labute approximate surface area is 114 Å². The van der Waals surface area contributed by atoms with Crippen LogP contribution in [0, 0.1) is 12.8 Å². The molecule has 1 unspecified atom stereocenters. The van der Waals surface area contributed by atoms with E-state index in [1.807, 2.05) is 31.2 Å². The molecule has 0 amide bonds. The molecule has 19 heavy (non-hydrogen) atoms. The van der Waals surface area contributed by atoms with Crippen LogP contribution in [0.5, 0.6) is 0 Å². The van der Waals surface area contributed by atoms with Crippen LogP contribution in [0.3, 0.4) is 0 Å². The van der Waals surface area contributed by atoms with Crippen LogP contribution in [-0.4, -0.2) is 18.5 Å². The third-order valence-electron chi connectivity index (χ3n) is 3.49. The quantitative estimate of drug-likeness (QED) is 0.827. The predicted molar refractivity (Wildman–Crippen MR) is 78.3 cm³/mol. The second-order valence-electron chi connectivity index (χ2n) is 5.28. The van der Waals surface area contributed by atoms with Crippen molar-refractivity contribution >= 4 is 11.5 Å². The molecule has 0 saturated heterocycles. The number of carbonyl (C=O) groups excluding carboxylic acids is 1. The summed E-state index contributed by atoms with van der Waals surface area (Å²) < 4.78 is 0. The topological polar surface area (TPSA) is 55.4 Å². The first kappa shape index (κ1) is 13.5. The third kappa shape index (κ3) is 2.75. The van der Waals surface area contributed by atoms with Crippen molar-refractivity contribution in [3.63, 3.8) is 0 Å². The van der Waals surface area contributed by atoms with E-state index in [0.29, 0.717) is 23.6 Å². The number of nitrogens with zero attached hydrogens (tertiary/aromatic N) is 1. The van der Waals surface area contributed by atoms with E-state index in [1.54, 1.807) is 7.05 Å². The highest BCUT2D eigenvalue weighted by Crippen LogP contribution is 2.26. The number of aliphatic imine (C=N–C) groups is 1. The van der Waals surface area contributed by atoms with Gasteiger partial charge in [0.05, 0.1) is 11.3 Å². The lowest BCUT2D eigenvalue weighted by atomic mass is 9.83. The SMILES string of the molecule is CN=C(C1=C(N)CC(C)CC1=O)c1ccc(C)cc1. The molecular formula is C16H20N2O. The van der Waals surface area contributed by atoms with Crippen molar-refractivity contribution in [2.75, 3.05) is 7.05 Å². The number of allylic oxidation sites excluding steroid dienone is 2. The molecule has 100 valence electrons. The Kier molecular flexibility index (Phi) is 3.84. The van der Waals surface area contributed by atoms with Crippen molar-refractivity contribution in [2.24, 2.45) is 16.6 Å². The molecule has 1 aromatic rings. The number of Topliss-reactive ketones (excluding diaryl/α,β-unsaturated/α-hetero) is 1. The van der Waals surface area contributed by atoms with Crippen molar-refractivity contribution in [1.29, 1.82) is 0 Å². The minimum Gasteiger partial charge on any atom is -0.401 e. The standard InChI is InChI=1S/C16H20N2O/c1-10-4-6-12(7-5-10)16(18-3)15-13(17)8-11(2)9-14(15)19/h4-7,11H,8-9,17H2,1-3H3. The number of benzene rings is 1. The molecular weight excluding hydrogens is 236 g/mol. The fraction of sp³-hybridized carbons (Fsp3) is 0.375. The molecule has 1 atom stereocenters. The molecule has 1 aliphatic carbocycles. The van der Waals surface area contributed by atoms with E-state index in [9.17, 15) is 4.79 Å². The van der Waals surface area contributed by atoms with Crippen LogP contribution < -0.4 is 5.73 Å². The maximum absolute atomic E-state index is 12.2. The molecule has 0 fully saturated rings. The summed E-state index contributed by atoms with van der Waals surface area (Å²) in [6, 6.07) is 8.02. The molecule has 0 spiro atoms. The van der Waals surface area contributed by atoms with Crippen LogP contribution in [0.2, 0.25) is 0 Å². The number of carbonyl (C=O) groups is 1. The van der Waals surface area contributed by atoms with E-state index in [1.165, 1.54) is 5.56 Å². The Balaban J connectivity index is 2.46. The first-order valence-corrected chi connectivity index (χ1v) is 6.59. The van der Waals surface area contributed by atoms with Gasteiger partial charge in [-0.05, 0) is 19.3 Å². The van der Waals surface area contributed by atoms with Crippen molar-refractivity contribution in [1.82, 2.24) is 0 Å². The van der Waals surface area contributed by atoms with Gasteiger partial charge in [-0.3, -0.25) is 9.79 Å². The molecule has 0 aliphatic heterocycles. The van der Waals surface area contributed by atoms with Crippen LogP contribution in [0.1, 0.15) is 30.9 Å². The van der Waals surface area contributed by atoms with Gasteiger partial charge >= 0.3 is 0 Å². The average Bonchev–Trinajstić information content (AvgIpc) is 2.35. The summed E-state index contributed by atoms with van der Waals surface area (Å²) in [6.45, 7) is 4.09. The van der Waals surface area contributed by atoms with Gasteiger partial charge in [0.15, 0.2) is 5.78 Å². The number of aryl methyl sites for hydroxylation is 1. The fourth-order valence-electron chi connectivity index (χ4n) is 2.53. The van der Waals surface area contributed by atoms with E-state index in [2.05, 4.69) is 11.9 Å². The Morgan fingerprint density at radius 3 is 2.42 bits per heavy atom. The second-order valence-corrected chi connectivity index (χ2v) is 5.28. The van der Waals surface area contributed by atoms with E-state index in [0.717, 1.165) is 17.7 Å². The number of nitrogens with two attached hydrogens (primary N) is 1. The Morgan fingerprint density at radius 1 is 1.26 bits per heavy atom. The maximum atomic E-state index is 12.2. The fourth-order valence-corrected chi connectivity index (χ4v) is 2.53.